The van der Waals surface area contributed by atoms with E-state index in [-0.39, 0.29) is 18.6 Å². The molecule has 1 aromatic carbocycles. The summed E-state index contributed by atoms with van der Waals surface area (Å²) >= 11 is 1.54. The Hall–Kier alpha value is -2.74. The third kappa shape index (κ3) is 5.81. The van der Waals surface area contributed by atoms with Crippen LogP contribution in [0, 0.1) is 5.82 Å². The highest BCUT2D eigenvalue weighted by molar-refractivity contribution is 7.10. The lowest BCUT2D eigenvalue weighted by atomic mass is 10.3. The van der Waals surface area contributed by atoms with Crippen molar-refractivity contribution < 1.29 is 18.8 Å². The topological polar surface area (TPSA) is 79.8 Å². The first-order valence-corrected chi connectivity index (χ1v) is 7.97. The molecule has 0 saturated heterocycles. The average molecular weight is 349 g/mol. The minimum Gasteiger partial charge on any atom is -0.386 e. The van der Waals surface area contributed by atoms with Gasteiger partial charge >= 0.3 is 0 Å². The smallest absolute Gasteiger partial charge is 0.270 e. The van der Waals surface area contributed by atoms with E-state index in [9.17, 15) is 14.0 Å². The number of carbonyl (C=O) groups excluding carboxylic acids is 2. The molecular weight excluding hydrogens is 333 g/mol. The second-order valence-electron chi connectivity index (χ2n) is 4.81. The van der Waals surface area contributed by atoms with E-state index in [0.29, 0.717) is 5.69 Å². The predicted molar refractivity (Wildman–Crippen MR) is 90.4 cm³/mol. The van der Waals surface area contributed by atoms with Gasteiger partial charge in [-0.25, -0.2) is 4.39 Å². The van der Waals surface area contributed by atoms with Gasteiger partial charge in [0, 0.05) is 10.6 Å². The quantitative estimate of drug-likeness (QED) is 0.596. The molecule has 24 heavy (non-hydrogen) atoms. The molecule has 1 atom stereocenters. The molecule has 0 aliphatic heterocycles. The summed E-state index contributed by atoms with van der Waals surface area (Å²) in [5.41, 5.74) is 0.300. The summed E-state index contributed by atoms with van der Waals surface area (Å²) in [6.45, 7) is 1.55. The lowest BCUT2D eigenvalue weighted by Crippen LogP contribution is -2.29. The molecule has 1 unspecified atom stereocenters. The third-order valence-electron chi connectivity index (χ3n) is 2.88. The fourth-order valence-corrected chi connectivity index (χ4v) is 2.55. The largest absolute Gasteiger partial charge is 0.386 e. The Morgan fingerprint density at radius 2 is 2.21 bits per heavy atom. The van der Waals surface area contributed by atoms with Crippen LogP contribution in [0.15, 0.2) is 46.9 Å². The molecule has 2 N–H and O–H groups in total. The first-order valence-electron chi connectivity index (χ1n) is 7.09. The van der Waals surface area contributed by atoms with Crippen molar-refractivity contribution in [1.82, 2.24) is 5.32 Å². The van der Waals surface area contributed by atoms with Crippen LogP contribution in [0.25, 0.3) is 0 Å². The number of rotatable bonds is 7. The van der Waals surface area contributed by atoms with Gasteiger partial charge in [-0.3, -0.25) is 9.59 Å². The molecule has 0 saturated carbocycles. The van der Waals surface area contributed by atoms with Gasteiger partial charge in [-0.15, -0.1) is 11.3 Å². The lowest BCUT2D eigenvalue weighted by Gasteiger charge is -2.11. The summed E-state index contributed by atoms with van der Waals surface area (Å²) in [5, 5.41) is 10.5. The minimum absolute atomic E-state index is 0.124. The first kappa shape index (κ1) is 17.6. The molecule has 6 nitrogen and oxygen atoms in total. The Kier molecular flexibility index (Phi) is 6.44. The second-order valence-corrected chi connectivity index (χ2v) is 5.79. The summed E-state index contributed by atoms with van der Waals surface area (Å²) in [6.07, 6.45) is 0.876. The van der Waals surface area contributed by atoms with Crippen LogP contribution in [0.4, 0.5) is 10.1 Å². The number of carbonyl (C=O) groups is 2. The zero-order valence-electron chi connectivity index (χ0n) is 12.9. The van der Waals surface area contributed by atoms with Gasteiger partial charge in [0.1, 0.15) is 12.0 Å². The van der Waals surface area contributed by atoms with Crippen LogP contribution in [0.3, 0.4) is 0 Å². The fraction of sp³-hybridized carbons (Fsp3) is 0.188. The number of benzene rings is 1. The van der Waals surface area contributed by atoms with E-state index in [2.05, 4.69) is 15.8 Å². The summed E-state index contributed by atoms with van der Waals surface area (Å²) in [4.78, 5) is 29.0. The van der Waals surface area contributed by atoms with E-state index < -0.39 is 11.7 Å². The maximum absolute atomic E-state index is 13.0. The summed E-state index contributed by atoms with van der Waals surface area (Å²) < 4.78 is 13.0. The number of anilines is 1. The first-order chi connectivity index (χ1) is 11.5. The molecule has 0 aliphatic carbocycles. The zero-order valence-corrected chi connectivity index (χ0v) is 13.7. The number of amides is 2. The highest BCUT2D eigenvalue weighted by Crippen LogP contribution is 2.17. The Bertz CT molecular complexity index is 719. The molecule has 1 heterocycles. The average Bonchev–Trinajstić information content (AvgIpc) is 3.06. The zero-order chi connectivity index (χ0) is 17.4. The number of nitrogens with one attached hydrogen (secondary N) is 2. The van der Waals surface area contributed by atoms with E-state index >= 15 is 0 Å². The van der Waals surface area contributed by atoms with Crippen molar-refractivity contribution in [3.63, 3.8) is 0 Å². The van der Waals surface area contributed by atoms with Crippen LogP contribution < -0.4 is 10.6 Å². The summed E-state index contributed by atoms with van der Waals surface area (Å²) in [7, 11) is 0. The molecule has 2 aromatic rings. The molecule has 0 aliphatic rings. The van der Waals surface area contributed by atoms with Crippen LogP contribution in [0.2, 0.25) is 0 Å². The van der Waals surface area contributed by atoms with Crippen LogP contribution >= 0.6 is 11.3 Å². The summed E-state index contributed by atoms with van der Waals surface area (Å²) in [6, 6.07) is 9.15. The molecule has 8 heteroatoms. The van der Waals surface area contributed by atoms with Crippen LogP contribution in [-0.4, -0.2) is 24.6 Å². The second kappa shape index (κ2) is 8.78. The van der Waals surface area contributed by atoms with Gasteiger partial charge in [-0.05, 0) is 36.6 Å². The Labute approximate surface area is 142 Å². The van der Waals surface area contributed by atoms with Crippen molar-refractivity contribution in [3.05, 3.63) is 52.5 Å². The normalized spacial score (nSPS) is 11.9. The van der Waals surface area contributed by atoms with Crippen molar-refractivity contribution in [3.8, 4) is 0 Å². The maximum atomic E-state index is 13.0. The summed E-state index contributed by atoms with van der Waals surface area (Å²) in [5.74, 6) is -1.40. The van der Waals surface area contributed by atoms with Gasteiger partial charge in [0.15, 0.2) is 6.61 Å². The van der Waals surface area contributed by atoms with Crippen molar-refractivity contribution in [2.24, 2.45) is 5.16 Å². The fourth-order valence-electron chi connectivity index (χ4n) is 1.81. The SMILES string of the molecule is CC(NC(=O)CO/N=C/C(=O)Nc1cccc(F)c1)c1cccs1. The van der Waals surface area contributed by atoms with E-state index in [1.807, 2.05) is 24.4 Å². The maximum Gasteiger partial charge on any atom is 0.270 e. The van der Waals surface area contributed by atoms with Crippen molar-refractivity contribution in [2.45, 2.75) is 13.0 Å². The van der Waals surface area contributed by atoms with Crippen molar-refractivity contribution in [2.75, 3.05) is 11.9 Å². The van der Waals surface area contributed by atoms with Gasteiger partial charge in [0.2, 0.25) is 0 Å². The minimum atomic E-state index is -0.590. The van der Waals surface area contributed by atoms with Crippen LogP contribution in [0.5, 0.6) is 0 Å². The number of hydrogen-bond acceptors (Lipinski definition) is 5. The molecule has 0 fully saturated rings. The molecule has 2 amide bonds. The molecule has 0 spiro atoms. The van der Waals surface area contributed by atoms with Crippen LogP contribution in [0.1, 0.15) is 17.8 Å². The van der Waals surface area contributed by atoms with Gasteiger partial charge < -0.3 is 15.5 Å². The Balaban J connectivity index is 1.70. The van der Waals surface area contributed by atoms with Crippen molar-refractivity contribution >= 4 is 35.1 Å². The van der Waals surface area contributed by atoms with Gasteiger partial charge in [-0.1, -0.05) is 17.3 Å². The molecule has 0 bridgehead atoms. The number of oxime groups is 1. The number of hydrogen-bond donors (Lipinski definition) is 2. The molecule has 2 rings (SSSR count). The number of nitrogens with zero attached hydrogens (tertiary/aromatic N) is 1. The lowest BCUT2D eigenvalue weighted by molar-refractivity contribution is -0.126. The van der Waals surface area contributed by atoms with Crippen molar-refractivity contribution in [1.29, 1.82) is 0 Å². The molecule has 126 valence electrons. The molecular formula is C16H16FN3O3S. The van der Waals surface area contributed by atoms with E-state index in [1.165, 1.54) is 24.3 Å². The Morgan fingerprint density at radius 3 is 2.92 bits per heavy atom. The third-order valence-corrected chi connectivity index (χ3v) is 3.93. The predicted octanol–water partition coefficient (Wildman–Crippen LogP) is 2.71. The van der Waals surface area contributed by atoms with Gasteiger partial charge in [0.25, 0.3) is 11.8 Å². The Morgan fingerprint density at radius 1 is 1.38 bits per heavy atom. The molecule has 1 aromatic heterocycles. The van der Waals surface area contributed by atoms with E-state index in [4.69, 9.17) is 4.84 Å². The standard InChI is InChI=1S/C16H16FN3O3S/c1-11(14-6-3-7-24-14)19-16(22)10-23-18-9-15(21)20-13-5-2-4-12(17)8-13/h2-9,11H,10H2,1H3,(H,19,22)(H,20,21)/b18-9+. The highest BCUT2D eigenvalue weighted by Gasteiger charge is 2.10. The van der Waals surface area contributed by atoms with E-state index in [1.54, 1.807) is 11.3 Å². The highest BCUT2D eigenvalue weighted by atomic mass is 32.1. The number of thiophene rings is 1. The molecule has 0 radical (unpaired) electrons. The van der Waals surface area contributed by atoms with E-state index in [0.717, 1.165) is 11.1 Å². The number of halogens is 1. The van der Waals surface area contributed by atoms with Gasteiger partial charge in [-0.2, -0.15) is 0 Å². The van der Waals surface area contributed by atoms with Crippen LogP contribution in [-0.2, 0) is 14.4 Å². The van der Waals surface area contributed by atoms with Gasteiger partial charge in [0.05, 0.1) is 6.04 Å². The monoisotopic (exact) mass is 349 g/mol.